The number of rotatable bonds is 5. The fraction of sp³-hybridized carbons (Fsp3) is 0.316. The first kappa shape index (κ1) is 21.3. The molecule has 0 saturated heterocycles. The minimum atomic E-state index is 0. The molecule has 0 aliphatic heterocycles. The van der Waals surface area contributed by atoms with Crippen molar-refractivity contribution >= 4 is 0 Å². The van der Waals surface area contributed by atoms with Crippen LogP contribution in [0.1, 0.15) is 23.6 Å². The summed E-state index contributed by atoms with van der Waals surface area (Å²) in [5.41, 5.74) is 4.02. The van der Waals surface area contributed by atoms with Crippen LogP contribution in [0.25, 0.3) is 0 Å². The van der Waals surface area contributed by atoms with Gasteiger partial charge in [0.25, 0.3) is 0 Å². The normalized spacial score (nSPS) is 9.27. The first-order valence-corrected chi connectivity index (χ1v) is 7.40. The number of benzene rings is 2. The SMILES string of the molecule is CCNC.[CH2-]Oc1ccc(CCc2ccc(C)cc2)cc1.[Y]. The minimum Gasteiger partial charge on any atom is -0.665 e. The molecule has 0 amide bonds. The predicted octanol–water partition coefficient (Wildman–Crippen LogP) is 4.17. The van der Waals surface area contributed by atoms with Crippen molar-refractivity contribution in [3.05, 3.63) is 72.3 Å². The van der Waals surface area contributed by atoms with Gasteiger partial charge in [-0.05, 0) is 56.6 Å². The standard InChI is InChI=1S/C16H17O.C3H9N.Y/c1-13-3-5-14(6-4-13)7-8-15-9-11-16(17-2)12-10-15;1-3-4-2;/h3-6,9-12H,2,7-8H2,1H3;4H,3H2,1-2H3;/q-1;;. The Bertz CT molecular complexity index is 492. The zero-order valence-corrected chi connectivity index (χ0v) is 16.8. The van der Waals surface area contributed by atoms with Gasteiger partial charge < -0.3 is 10.1 Å². The molecule has 22 heavy (non-hydrogen) atoms. The molecule has 2 aromatic carbocycles. The predicted molar refractivity (Wildman–Crippen MR) is 90.6 cm³/mol. The monoisotopic (exact) mass is 373 g/mol. The van der Waals surface area contributed by atoms with Gasteiger partial charge in [0.2, 0.25) is 0 Å². The van der Waals surface area contributed by atoms with Crippen LogP contribution in [-0.2, 0) is 45.6 Å². The molecule has 0 spiro atoms. The molecule has 0 bridgehead atoms. The summed E-state index contributed by atoms with van der Waals surface area (Å²) in [4.78, 5) is 0. The van der Waals surface area contributed by atoms with Crippen LogP contribution in [0.3, 0.4) is 0 Å². The van der Waals surface area contributed by atoms with E-state index >= 15 is 0 Å². The molecule has 0 atom stereocenters. The third kappa shape index (κ3) is 8.68. The summed E-state index contributed by atoms with van der Waals surface area (Å²) in [6.45, 7) is 5.25. The molecule has 0 aliphatic rings. The van der Waals surface area contributed by atoms with Crippen LogP contribution in [0.4, 0.5) is 0 Å². The summed E-state index contributed by atoms with van der Waals surface area (Å²) in [6.07, 6.45) is 2.13. The van der Waals surface area contributed by atoms with Crippen LogP contribution >= 0.6 is 0 Å². The number of hydrogen-bond acceptors (Lipinski definition) is 2. The van der Waals surface area contributed by atoms with Crippen molar-refractivity contribution in [1.82, 2.24) is 5.32 Å². The number of nitrogens with one attached hydrogen (secondary N) is 1. The van der Waals surface area contributed by atoms with Gasteiger partial charge in [-0.1, -0.05) is 48.9 Å². The number of hydrogen-bond donors (Lipinski definition) is 1. The zero-order chi connectivity index (χ0) is 15.5. The van der Waals surface area contributed by atoms with Gasteiger partial charge in [-0.3, -0.25) is 0 Å². The molecule has 2 aromatic rings. The van der Waals surface area contributed by atoms with Gasteiger partial charge in [0.05, 0.1) is 5.75 Å². The Labute approximate surface area is 160 Å². The molecule has 0 heterocycles. The van der Waals surface area contributed by atoms with Crippen LogP contribution in [0.2, 0.25) is 0 Å². The van der Waals surface area contributed by atoms with Crippen molar-refractivity contribution in [1.29, 1.82) is 0 Å². The Hall–Kier alpha value is -0.696. The van der Waals surface area contributed by atoms with Gasteiger partial charge in [0.15, 0.2) is 0 Å². The van der Waals surface area contributed by atoms with Crippen molar-refractivity contribution in [2.45, 2.75) is 26.7 Å². The third-order valence-electron chi connectivity index (χ3n) is 3.27. The van der Waals surface area contributed by atoms with Crippen LogP contribution in [0, 0.1) is 14.0 Å². The minimum absolute atomic E-state index is 0. The van der Waals surface area contributed by atoms with Crippen LogP contribution in [-0.4, -0.2) is 13.6 Å². The molecule has 0 unspecified atom stereocenters. The van der Waals surface area contributed by atoms with E-state index in [1.54, 1.807) is 0 Å². The van der Waals surface area contributed by atoms with E-state index in [0.717, 1.165) is 25.1 Å². The summed E-state index contributed by atoms with van der Waals surface area (Å²) in [7, 11) is 5.32. The van der Waals surface area contributed by atoms with Crippen molar-refractivity contribution in [3.8, 4) is 5.75 Å². The molecule has 0 fully saturated rings. The second kappa shape index (κ2) is 12.8. The van der Waals surface area contributed by atoms with Gasteiger partial charge in [-0.25, -0.2) is 0 Å². The van der Waals surface area contributed by atoms with E-state index in [4.69, 9.17) is 4.74 Å². The molecule has 0 aromatic heterocycles. The van der Waals surface area contributed by atoms with Crippen LogP contribution in [0.5, 0.6) is 5.75 Å². The van der Waals surface area contributed by atoms with Gasteiger partial charge in [-0.15, -0.1) is 0 Å². The van der Waals surface area contributed by atoms with Crippen molar-refractivity contribution in [2.75, 3.05) is 13.6 Å². The number of ether oxygens (including phenoxy) is 1. The molecule has 0 saturated carbocycles. The third-order valence-corrected chi connectivity index (χ3v) is 3.27. The molecule has 2 rings (SSSR count). The van der Waals surface area contributed by atoms with Gasteiger partial charge in [-0.2, -0.15) is 7.11 Å². The number of aryl methyl sites for hydroxylation is 3. The maximum Gasteiger partial charge on any atom is 0.0843 e. The average Bonchev–Trinajstić information content (AvgIpc) is 2.55. The maximum atomic E-state index is 4.90. The Kier molecular flexibility index (Phi) is 12.4. The molecular weight excluding hydrogens is 347 g/mol. The van der Waals surface area contributed by atoms with E-state index in [1.807, 2.05) is 19.2 Å². The van der Waals surface area contributed by atoms with Gasteiger partial charge in [0, 0.05) is 32.7 Å². The maximum absolute atomic E-state index is 4.90. The van der Waals surface area contributed by atoms with Crippen molar-refractivity contribution < 1.29 is 37.4 Å². The Balaban J connectivity index is 0.000000791. The Morgan fingerprint density at radius 1 is 0.909 bits per heavy atom. The fourth-order valence-electron chi connectivity index (χ4n) is 1.80. The van der Waals surface area contributed by atoms with E-state index in [1.165, 1.54) is 16.7 Å². The molecule has 2 nitrogen and oxygen atoms in total. The molecule has 3 heteroatoms. The summed E-state index contributed by atoms with van der Waals surface area (Å²) in [5.74, 6) is 0.809. The molecule has 117 valence electrons. The van der Waals surface area contributed by atoms with E-state index in [9.17, 15) is 0 Å². The van der Waals surface area contributed by atoms with E-state index in [2.05, 4.69) is 62.7 Å². The summed E-state index contributed by atoms with van der Waals surface area (Å²) >= 11 is 0. The smallest absolute Gasteiger partial charge is 0.0843 e. The zero-order valence-electron chi connectivity index (χ0n) is 13.9. The molecular formula is C19H26NOY-. The van der Waals surface area contributed by atoms with E-state index in [0.29, 0.717) is 0 Å². The first-order chi connectivity index (χ1) is 10.2. The summed E-state index contributed by atoms with van der Waals surface area (Å²) in [5, 5.41) is 2.93. The largest absolute Gasteiger partial charge is 0.665 e. The topological polar surface area (TPSA) is 21.3 Å². The molecule has 1 N–H and O–H groups in total. The first-order valence-electron chi connectivity index (χ1n) is 7.40. The Morgan fingerprint density at radius 2 is 1.32 bits per heavy atom. The van der Waals surface area contributed by atoms with E-state index < -0.39 is 0 Å². The molecule has 0 aliphatic carbocycles. The summed E-state index contributed by atoms with van der Waals surface area (Å²) < 4.78 is 4.90. The molecule has 1 radical (unpaired) electrons. The second-order valence-corrected chi connectivity index (χ2v) is 4.98. The van der Waals surface area contributed by atoms with Crippen molar-refractivity contribution in [3.63, 3.8) is 0 Å². The average molecular weight is 373 g/mol. The van der Waals surface area contributed by atoms with Crippen molar-refractivity contribution in [2.24, 2.45) is 0 Å². The quantitative estimate of drug-likeness (QED) is 0.795. The fourth-order valence-corrected chi connectivity index (χ4v) is 1.80. The Morgan fingerprint density at radius 3 is 1.68 bits per heavy atom. The van der Waals surface area contributed by atoms with Gasteiger partial charge >= 0.3 is 0 Å². The van der Waals surface area contributed by atoms with Crippen LogP contribution < -0.4 is 10.1 Å². The second-order valence-electron chi connectivity index (χ2n) is 4.98. The van der Waals surface area contributed by atoms with Gasteiger partial charge in [0.1, 0.15) is 0 Å². The van der Waals surface area contributed by atoms with Crippen LogP contribution in [0.15, 0.2) is 48.5 Å². The van der Waals surface area contributed by atoms with E-state index in [-0.39, 0.29) is 32.7 Å². The summed E-state index contributed by atoms with van der Waals surface area (Å²) in [6, 6.07) is 16.8.